The smallest absolute Gasteiger partial charge is 0.187 e. The lowest BCUT2D eigenvalue weighted by atomic mass is 10.1. The minimum absolute atomic E-state index is 0.123. The molecule has 0 bridgehead atoms. The van der Waals surface area contributed by atoms with Crippen LogP contribution >= 0.6 is 0 Å². The van der Waals surface area contributed by atoms with E-state index in [1.807, 2.05) is 0 Å². The molecule has 0 radical (unpaired) electrons. The van der Waals surface area contributed by atoms with Crippen LogP contribution in [0.5, 0.6) is 0 Å². The highest BCUT2D eigenvalue weighted by atomic mass is 19.1. The van der Waals surface area contributed by atoms with Gasteiger partial charge in [-0.2, -0.15) is 0 Å². The summed E-state index contributed by atoms with van der Waals surface area (Å²) in [5.41, 5.74) is 1.31. The molecule has 0 unspecified atom stereocenters. The van der Waals surface area contributed by atoms with Crippen LogP contribution in [0.15, 0.2) is 54.9 Å². The molecule has 2 rings (SSSR count). The van der Waals surface area contributed by atoms with Crippen molar-refractivity contribution in [3.05, 3.63) is 71.8 Å². The molecule has 1 aromatic heterocycles. The molecule has 2 aromatic rings. The topological polar surface area (TPSA) is 30.0 Å². The fraction of sp³-hybridized carbons (Fsp3) is 0. The van der Waals surface area contributed by atoms with Gasteiger partial charge in [0, 0.05) is 18.0 Å². The summed E-state index contributed by atoms with van der Waals surface area (Å²) in [6.07, 6.45) is 6.22. The van der Waals surface area contributed by atoms with E-state index < -0.39 is 0 Å². The molecule has 1 aromatic carbocycles. The summed E-state index contributed by atoms with van der Waals surface area (Å²) in [5.74, 6) is -0.414. The van der Waals surface area contributed by atoms with E-state index in [9.17, 15) is 9.18 Å². The van der Waals surface area contributed by atoms with Crippen LogP contribution in [-0.4, -0.2) is 10.8 Å². The molecule has 0 spiro atoms. The van der Waals surface area contributed by atoms with Crippen molar-refractivity contribution >= 4 is 11.9 Å². The van der Waals surface area contributed by atoms with Crippen LogP contribution in [-0.2, 0) is 0 Å². The van der Waals surface area contributed by atoms with Crippen molar-refractivity contribution in [3.63, 3.8) is 0 Å². The first kappa shape index (κ1) is 11.2. The predicted octanol–water partition coefficient (Wildman–Crippen LogP) is 3.12. The van der Waals surface area contributed by atoms with Gasteiger partial charge in [0.2, 0.25) is 0 Å². The maximum Gasteiger partial charge on any atom is 0.187 e. The molecular weight excluding hydrogens is 217 g/mol. The minimum Gasteiger partial charge on any atom is -0.289 e. The highest BCUT2D eigenvalue weighted by Crippen LogP contribution is 2.06. The Kier molecular flexibility index (Phi) is 3.40. The summed E-state index contributed by atoms with van der Waals surface area (Å²) in [5, 5.41) is 0. The van der Waals surface area contributed by atoms with E-state index in [0.29, 0.717) is 5.56 Å². The second-order valence-electron chi connectivity index (χ2n) is 3.49. The second kappa shape index (κ2) is 5.16. The van der Waals surface area contributed by atoms with Crippen LogP contribution in [0, 0.1) is 5.82 Å². The Morgan fingerprint density at radius 3 is 2.59 bits per heavy atom. The molecule has 0 saturated heterocycles. The fourth-order valence-corrected chi connectivity index (χ4v) is 1.35. The number of ketones is 1. The van der Waals surface area contributed by atoms with E-state index in [1.54, 1.807) is 36.5 Å². The number of carbonyl (C=O) groups excluding carboxylic acids is 1. The highest BCUT2D eigenvalue weighted by Gasteiger charge is 1.99. The molecule has 0 saturated carbocycles. The van der Waals surface area contributed by atoms with Gasteiger partial charge in [-0.05, 0) is 35.9 Å². The third-order valence-electron chi connectivity index (χ3n) is 2.24. The normalized spacial score (nSPS) is 10.6. The molecule has 2 nitrogen and oxygen atoms in total. The third kappa shape index (κ3) is 3.08. The standard InChI is InChI=1S/C14H10FNO/c15-13-6-3-11(4-7-13)5-8-14(17)12-2-1-9-16-10-12/h1-10H/b8-5+. The zero-order valence-corrected chi connectivity index (χ0v) is 9.01. The lowest BCUT2D eigenvalue weighted by molar-refractivity contribution is 0.104. The Hall–Kier alpha value is -2.29. The van der Waals surface area contributed by atoms with Gasteiger partial charge in [0.05, 0.1) is 0 Å². The largest absolute Gasteiger partial charge is 0.289 e. The summed E-state index contributed by atoms with van der Waals surface area (Å²) >= 11 is 0. The molecule has 0 N–H and O–H groups in total. The van der Waals surface area contributed by atoms with Crippen molar-refractivity contribution in [2.45, 2.75) is 0 Å². The average molecular weight is 227 g/mol. The number of rotatable bonds is 3. The van der Waals surface area contributed by atoms with Crippen molar-refractivity contribution in [1.82, 2.24) is 4.98 Å². The molecule has 0 aliphatic heterocycles. The monoisotopic (exact) mass is 227 g/mol. The summed E-state index contributed by atoms with van der Waals surface area (Å²) in [7, 11) is 0. The summed E-state index contributed by atoms with van der Waals surface area (Å²) < 4.78 is 12.7. The first-order valence-electron chi connectivity index (χ1n) is 5.14. The van der Waals surface area contributed by atoms with Gasteiger partial charge in [0.15, 0.2) is 5.78 Å². The predicted molar refractivity (Wildman–Crippen MR) is 64.0 cm³/mol. The summed E-state index contributed by atoms with van der Waals surface area (Å²) in [6, 6.07) is 9.34. The Balaban J connectivity index is 2.11. The van der Waals surface area contributed by atoms with Gasteiger partial charge in [0.25, 0.3) is 0 Å². The number of allylic oxidation sites excluding steroid dienone is 1. The molecule has 84 valence electrons. The van der Waals surface area contributed by atoms with Crippen molar-refractivity contribution in [2.75, 3.05) is 0 Å². The Bertz CT molecular complexity index is 532. The van der Waals surface area contributed by atoms with Gasteiger partial charge in [-0.1, -0.05) is 18.2 Å². The van der Waals surface area contributed by atoms with E-state index in [-0.39, 0.29) is 11.6 Å². The second-order valence-corrected chi connectivity index (χ2v) is 3.49. The number of nitrogens with zero attached hydrogens (tertiary/aromatic N) is 1. The molecule has 17 heavy (non-hydrogen) atoms. The van der Waals surface area contributed by atoms with Crippen molar-refractivity contribution in [3.8, 4) is 0 Å². The quantitative estimate of drug-likeness (QED) is 0.595. The van der Waals surface area contributed by atoms with Crippen molar-refractivity contribution in [1.29, 1.82) is 0 Å². The number of hydrogen-bond donors (Lipinski definition) is 0. The maximum absolute atomic E-state index is 12.7. The van der Waals surface area contributed by atoms with E-state index in [2.05, 4.69) is 4.98 Å². The molecule has 3 heteroatoms. The van der Waals surface area contributed by atoms with Gasteiger partial charge >= 0.3 is 0 Å². The molecule has 0 amide bonds. The summed E-state index contributed by atoms with van der Waals surface area (Å²) in [4.78, 5) is 15.6. The van der Waals surface area contributed by atoms with Crippen molar-refractivity contribution < 1.29 is 9.18 Å². The Labute approximate surface area is 98.4 Å². The van der Waals surface area contributed by atoms with Crippen molar-refractivity contribution in [2.24, 2.45) is 0 Å². The average Bonchev–Trinajstić information content (AvgIpc) is 2.39. The number of benzene rings is 1. The minimum atomic E-state index is -0.291. The van der Waals surface area contributed by atoms with Crippen LogP contribution in [0.3, 0.4) is 0 Å². The number of halogens is 1. The number of aromatic nitrogens is 1. The fourth-order valence-electron chi connectivity index (χ4n) is 1.35. The van der Waals surface area contributed by atoms with E-state index >= 15 is 0 Å². The Morgan fingerprint density at radius 1 is 1.18 bits per heavy atom. The Morgan fingerprint density at radius 2 is 1.94 bits per heavy atom. The lowest BCUT2D eigenvalue weighted by Gasteiger charge is -1.94. The number of pyridine rings is 1. The molecular formula is C14H10FNO. The number of carbonyl (C=O) groups is 1. The first-order valence-corrected chi connectivity index (χ1v) is 5.14. The van der Waals surface area contributed by atoms with Gasteiger partial charge in [-0.15, -0.1) is 0 Å². The molecule has 0 atom stereocenters. The van der Waals surface area contributed by atoms with E-state index in [4.69, 9.17) is 0 Å². The maximum atomic E-state index is 12.7. The zero-order chi connectivity index (χ0) is 12.1. The van der Waals surface area contributed by atoms with E-state index in [1.165, 1.54) is 24.4 Å². The molecule has 0 fully saturated rings. The molecule has 0 aliphatic rings. The van der Waals surface area contributed by atoms with Gasteiger partial charge in [-0.25, -0.2) is 4.39 Å². The van der Waals surface area contributed by atoms with Crippen LogP contribution in [0.25, 0.3) is 6.08 Å². The zero-order valence-electron chi connectivity index (χ0n) is 9.01. The van der Waals surface area contributed by atoms with Crippen LogP contribution < -0.4 is 0 Å². The summed E-state index contributed by atoms with van der Waals surface area (Å²) in [6.45, 7) is 0. The van der Waals surface area contributed by atoms with Gasteiger partial charge < -0.3 is 0 Å². The lowest BCUT2D eigenvalue weighted by Crippen LogP contribution is -1.93. The highest BCUT2D eigenvalue weighted by molar-refractivity contribution is 6.06. The SMILES string of the molecule is O=C(/C=C/c1ccc(F)cc1)c1cccnc1. The van der Waals surface area contributed by atoms with Crippen LogP contribution in [0.1, 0.15) is 15.9 Å². The molecule has 0 aliphatic carbocycles. The third-order valence-corrected chi connectivity index (χ3v) is 2.24. The number of hydrogen-bond acceptors (Lipinski definition) is 2. The van der Waals surface area contributed by atoms with Gasteiger partial charge in [-0.3, -0.25) is 9.78 Å². The molecule has 1 heterocycles. The van der Waals surface area contributed by atoms with Crippen LogP contribution in [0.2, 0.25) is 0 Å². The van der Waals surface area contributed by atoms with Crippen LogP contribution in [0.4, 0.5) is 4.39 Å². The van der Waals surface area contributed by atoms with Gasteiger partial charge in [0.1, 0.15) is 5.82 Å². The van der Waals surface area contributed by atoms with E-state index in [0.717, 1.165) is 5.56 Å². The first-order chi connectivity index (χ1) is 8.25.